The van der Waals surface area contributed by atoms with E-state index in [1.807, 2.05) is 12.1 Å². The van der Waals surface area contributed by atoms with Crippen LogP contribution in [0.1, 0.15) is 23.1 Å². The van der Waals surface area contributed by atoms with Crippen LogP contribution in [0, 0.1) is 5.82 Å². The molecule has 27 heavy (non-hydrogen) atoms. The lowest BCUT2D eigenvalue weighted by atomic mass is 10.1. The Morgan fingerprint density at radius 2 is 1.89 bits per heavy atom. The zero-order chi connectivity index (χ0) is 19.4. The molecule has 144 valence electrons. The molecule has 0 unspecified atom stereocenters. The molecule has 4 nitrogen and oxygen atoms in total. The second-order valence-corrected chi connectivity index (χ2v) is 6.51. The van der Waals surface area contributed by atoms with Gasteiger partial charge in [-0.05, 0) is 29.8 Å². The Hall–Kier alpha value is -2.48. The van der Waals surface area contributed by atoms with Crippen LogP contribution in [0.4, 0.5) is 17.6 Å². The number of nitrogens with zero attached hydrogens (tertiary/aromatic N) is 3. The molecule has 0 bridgehead atoms. The molecule has 2 heterocycles. The smallest absolute Gasteiger partial charge is 0.337 e. The van der Waals surface area contributed by atoms with Crippen LogP contribution in [-0.2, 0) is 24.1 Å². The van der Waals surface area contributed by atoms with Gasteiger partial charge >= 0.3 is 6.18 Å². The highest BCUT2D eigenvalue weighted by atomic mass is 19.4. The Morgan fingerprint density at radius 3 is 2.59 bits per heavy atom. The summed E-state index contributed by atoms with van der Waals surface area (Å²) in [4.78, 5) is 19.9. The molecule has 0 N–H and O–H groups in total. The fraction of sp³-hybridized carbons (Fsp3) is 0.368. The van der Waals surface area contributed by atoms with Gasteiger partial charge in [-0.2, -0.15) is 13.2 Å². The number of pyridine rings is 1. The number of carbonyl (C=O) groups excluding carboxylic acids is 1. The monoisotopic (exact) mass is 381 g/mol. The molecule has 0 aliphatic carbocycles. The van der Waals surface area contributed by atoms with E-state index in [2.05, 4.69) is 9.88 Å². The van der Waals surface area contributed by atoms with Crippen molar-refractivity contribution in [2.75, 3.05) is 19.6 Å². The molecule has 1 aromatic carbocycles. The third-order valence-corrected chi connectivity index (χ3v) is 4.54. The maximum atomic E-state index is 14.0. The molecule has 8 heteroatoms. The van der Waals surface area contributed by atoms with E-state index < -0.39 is 17.6 Å². The molecule has 1 aliphatic heterocycles. The quantitative estimate of drug-likeness (QED) is 0.761. The number of hydrogen-bond acceptors (Lipinski definition) is 3. The highest BCUT2D eigenvalue weighted by Crippen LogP contribution is 2.30. The third kappa shape index (κ3) is 5.03. The summed E-state index contributed by atoms with van der Waals surface area (Å²) in [5, 5.41) is 0. The van der Waals surface area contributed by atoms with E-state index in [-0.39, 0.29) is 24.4 Å². The first-order chi connectivity index (χ1) is 12.8. The van der Waals surface area contributed by atoms with Gasteiger partial charge in [-0.1, -0.05) is 6.07 Å². The second kappa shape index (κ2) is 8.04. The minimum atomic E-state index is -4.55. The number of benzene rings is 1. The molecule has 0 spiro atoms. The van der Waals surface area contributed by atoms with Gasteiger partial charge < -0.3 is 4.90 Å². The number of carbonyl (C=O) groups is 1. The maximum Gasteiger partial charge on any atom is 0.416 e. The number of halogens is 4. The molecule has 1 aromatic heterocycles. The van der Waals surface area contributed by atoms with Crippen molar-refractivity contribution >= 4 is 5.91 Å². The summed E-state index contributed by atoms with van der Waals surface area (Å²) in [5.74, 6) is -0.937. The van der Waals surface area contributed by atoms with E-state index in [1.165, 1.54) is 4.90 Å². The fourth-order valence-electron chi connectivity index (χ4n) is 3.06. The second-order valence-electron chi connectivity index (χ2n) is 6.51. The highest BCUT2D eigenvalue weighted by molar-refractivity contribution is 5.76. The van der Waals surface area contributed by atoms with Crippen molar-refractivity contribution in [1.82, 2.24) is 14.8 Å². The first kappa shape index (κ1) is 19.3. The summed E-state index contributed by atoms with van der Waals surface area (Å²) in [6, 6.07) is 6.06. The third-order valence-electron chi connectivity index (χ3n) is 4.54. The Bertz CT molecular complexity index is 795. The largest absolute Gasteiger partial charge is 0.416 e. The van der Waals surface area contributed by atoms with Crippen molar-refractivity contribution in [3.05, 3.63) is 65.2 Å². The maximum absolute atomic E-state index is 14.0. The highest BCUT2D eigenvalue weighted by Gasteiger charge is 2.31. The van der Waals surface area contributed by atoms with E-state index in [0.29, 0.717) is 32.2 Å². The van der Waals surface area contributed by atoms with Crippen LogP contribution in [0.3, 0.4) is 0 Å². The molecule has 2 aromatic rings. The predicted octanol–water partition coefficient (Wildman–Crippen LogP) is 3.47. The average Bonchev–Trinajstić information content (AvgIpc) is 2.79. The fourth-order valence-corrected chi connectivity index (χ4v) is 3.06. The minimum absolute atomic E-state index is 0.126. The molecule has 1 saturated heterocycles. The average molecular weight is 381 g/mol. The summed E-state index contributed by atoms with van der Waals surface area (Å²) in [5.41, 5.74) is -0.0272. The first-order valence-electron chi connectivity index (χ1n) is 8.57. The van der Waals surface area contributed by atoms with E-state index in [1.54, 1.807) is 12.4 Å². The van der Waals surface area contributed by atoms with Crippen LogP contribution in [0.2, 0.25) is 0 Å². The molecule has 0 atom stereocenters. The van der Waals surface area contributed by atoms with Crippen LogP contribution >= 0.6 is 0 Å². The van der Waals surface area contributed by atoms with Crippen LogP contribution in [0.15, 0.2) is 42.7 Å². The Labute approximate surface area is 154 Å². The van der Waals surface area contributed by atoms with Crippen LogP contribution in [0.25, 0.3) is 0 Å². The zero-order valence-electron chi connectivity index (χ0n) is 14.5. The number of hydrogen-bond donors (Lipinski definition) is 0. The van der Waals surface area contributed by atoms with E-state index in [9.17, 15) is 22.4 Å². The molecule has 0 radical (unpaired) electrons. The summed E-state index contributed by atoms with van der Waals surface area (Å²) in [6.45, 7) is 1.88. The van der Waals surface area contributed by atoms with Gasteiger partial charge in [0.1, 0.15) is 5.82 Å². The lowest BCUT2D eigenvalue weighted by molar-refractivity contribution is -0.137. The van der Waals surface area contributed by atoms with Crippen LogP contribution in [0.5, 0.6) is 0 Å². The lowest BCUT2D eigenvalue weighted by Crippen LogP contribution is -2.33. The minimum Gasteiger partial charge on any atom is -0.337 e. The molecule has 3 rings (SSSR count). The van der Waals surface area contributed by atoms with Crippen molar-refractivity contribution in [3.63, 3.8) is 0 Å². The summed E-state index contributed by atoms with van der Waals surface area (Å²) < 4.78 is 52.6. The van der Waals surface area contributed by atoms with Crippen molar-refractivity contribution in [2.24, 2.45) is 0 Å². The number of aromatic nitrogens is 1. The number of alkyl halides is 3. The molecular formula is C19H19F4N3O. The summed E-state index contributed by atoms with van der Waals surface area (Å²) in [7, 11) is 0. The SMILES string of the molecule is O=C1CCN(Cc2cccnc2)CCN1Cc1cc(C(F)(F)F)ccc1F. The molecule has 1 amide bonds. The molecule has 0 saturated carbocycles. The predicted molar refractivity (Wildman–Crippen MR) is 91.0 cm³/mol. The van der Waals surface area contributed by atoms with Gasteiger partial charge in [0.25, 0.3) is 0 Å². The lowest BCUT2D eigenvalue weighted by Gasteiger charge is -2.23. The normalized spacial score (nSPS) is 16.4. The Kier molecular flexibility index (Phi) is 5.74. The van der Waals surface area contributed by atoms with Gasteiger partial charge in [0.2, 0.25) is 5.91 Å². The first-order valence-corrected chi connectivity index (χ1v) is 8.57. The van der Waals surface area contributed by atoms with Crippen LogP contribution < -0.4 is 0 Å². The van der Waals surface area contributed by atoms with E-state index in [0.717, 1.165) is 17.7 Å². The summed E-state index contributed by atoms with van der Waals surface area (Å²) in [6.07, 6.45) is -0.879. The molecule has 1 aliphatic rings. The van der Waals surface area contributed by atoms with Gasteiger partial charge in [0.05, 0.1) is 5.56 Å². The Morgan fingerprint density at radius 1 is 1.07 bits per heavy atom. The molecule has 1 fully saturated rings. The summed E-state index contributed by atoms with van der Waals surface area (Å²) >= 11 is 0. The van der Waals surface area contributed by atoms with Crippen molar-refractivity contribution in [3.8, 4) is 0 Å². The van der Waals surface area contributed by atoms with Gasteiger partial charge in [0, 0.05) is 57.1 Å². The van der Waals surface area contributed by atoms with E-state index >= 15 is 0 Å². The van der Waals surface area contributed by atoms with Crippen molar-refractivity contribution in [1.29, 1.82) is 0 Å². The zero-order valence-corrected chi connectivity index (χ0v) is 14.5. The molecular weight excluding hydrogens is 362 g/mol. The number of amides is 1. The van der Waals surface area contributed by atoms with E-state index in [4.69, 9.17) is 0 Å². The van der Waals surface area contributed by atoms with Gasteiger partial charge in [-0.25, -0.2) is 4.39 Å². The van der Waals surface area contributed by atoms with Crippen molar-refractivity contribution in [2.45, 2.75) is 25.7 Å². The van der Waals surface area contributed by atoms with Gasteiger partial charge in [0.15, 0.2) is 0 Å². The van der Waals surface area contributed by atoms with Crippen molar-refractivity contribution < 1.29 is 22.4 Å². The van der Waals surface area contributed by atoms with Crippen LogP contribution in [-0.4, -0.2) is 40.3 Å². The Balaban J connectivity index is 1.68. The topological polar surface area (TPSA) is 36.4 Å². The number of rotatable bonds is 4. The van der Waals surface area contributed by atoms with Gasteiger partial charge in [-0.3, -0.25) is 14.7 Å². The van der Waals surface area contributed by atoms with Gasteiger partial charge in [-0.15, -0.1) is 0 Å². The standard InChI is InChI=1S/C19H19F4N3O/c20-17-4-3-16(19(21,22)23)10-15(17)13-26-9-8-25(7-5-18(26)27)12-14-2-1-6-24-11-14/h1-4,6,10-11H,5,7-9,12-13H2.